The number of aryl methyl sites for hydroxylation is 1. The lowest BCUT2D eigenvalue weighted by Crippen LogP contribution is -2.22. The monoisotopic (exact) mass is 274 g/mol. The van der Waals surface area contributed by atoms with Gasteiger partial charge in [-0.15, -0.1) is 0 Å². The second kappa shape index (κ2) is 7.31. The summed E-state index contributed by atoms with van der Waals surface area (Å²) >= 11 is 0. The fourth-order valence-electron chi connectivity index (χ4n) is 1.97. The minimum atomic E-state index is -0.345. The van der Waals surface area contributed by atoms with Gasteiger partial charge in [-0.1, -0.05) is 25.1 Å². The van der Waals surface area contributed by atoms with Gasteiger partial charge in [0.05, 0.1) is 18.1 Å². The molecule has 3 nitrogen and oxygen atoms in total. The second-order valence-electron chi connectivity index (χ2n) is 6.03. The molecule has 0 spiro atoms. The zero-order valence-corrected chi connectivity index (χ0v) is 13.1. The minimum absolute atomic E-state index is 0.162. The van der Waals surface area contributed by atoms with E-state index in [9.17, 15) is 0 Å². The van der Waals surface area contributed by atoms with Crippen molar-refractivity contribution in [2.75, 3.05) is 6.61 Å². The van der Waals surface area contributed by atoms with Crippen LogP contribution in [0.2, 0.25) is 0 Å². The van der Waals surface area contributed by atoms with Crippen LogP contribution in [0.25, 0.3) is 0 Å². The summed E-state index contributed by atoms with van der Waals surface area (Å²) < 4.78 is 5.94. The molecule has 0 fully saturated rings. The number of rotatable bonds is 7. The molecule has 1 rings (SSSR count). The average Bonchev–Trinajstić information content (AvgIpc) is 2.41. The van der Waals surface area contributed by atoms with Crippen LogP contribution in [0.3, 0.4) is 0 Å². The Hall–Kier alpha value is -1.53. The van der Waals surface area contributed by atoms with E-state index in [0.29, 0.717) is 6.61 Å². The molecule has 0 amide bonds. The number of nitriles is 1. The SMILES string of the molecule is CCC(N)Cc1cccc(C)c1OCCC(C)(C)C#N. The van der Waals surface area contributed by atoms with Crippen LogP contribution in [-0.4, -0.2) is 12.6 Å². The van der Waals surface area contributed by atoms with Crippen molar-refractivity contribution in [1.29, 1.82) is 5.26 Å². The molecule has 20 heavy (non-hydrogen) atoms. The van der Waals surface area contributed by atoms with Crippen LogP contribution in [0, 0.1) is 23.7 Å². The standard InChI is InChI=1S/C17H26N2O/c1-5-15(19)11-14-8-6-7-13(2)16(14)20-10-9-17(3,4)12-18/h6-8,15H,5,9-11,19H2,1-4H3. The number of ether oxygens (including phenoxy) is 1. The summed E-state index contributed by atoms with van der Waals surface area (Å²) in [4.78, 5) is 0. The van der Waals surface area contributed by atoms with E-state index >= 15 is 0 Å². The molecule has 0 aliphatic carbocycles. The Morgan fingerprint density at radius 3 is 2.70 bits per heavy atom. The fraction of sp³-hybridized carbons (Fsp3) is 0.588. The number of benzene rings is 1. The molecule has 0 aliphatic heterocycles. The highest BCUT2D eigenvalue weighted by atomic mass is 16.5. The third-order valence-corrected chi connectivity index (χ3v) is 3.58. The van der Waals surface area contributed by atoms with Crippen LogP contribution >= 0.6 is 0 Å². The summed E-state index contributed by atoms with van der Waals surface area (Å²) in [5, 5.41) is 9.03. The van der Waals surface area contributed by atoms with Crippen LogP contribution in [0.15, 0.2) is 18.2 Å². The zero-order chi connectivity index (χ0) is 15.2. The smallest absolute Gasteiger partial charge is 0.125 e. The van der Waals surface area contributed by atoms with Crippen molar-refractivity contribution < 1.29 is 4.74 Å². The molecule has 1 aromatic carbocycles. The summed E-state index contributed by atoms with van der Waals surface area (Å²) in [6, 6.07) is 8.62. The molecule has 0 bridgehead atoms. The van der Waals surface area contributed by atoms with E-state index in [4.69, 9.17) is 15.7 Å². The highest BCUT2D eigenvalue weighted by Crippen LogP contribution is 2.26. The number of hydrogen-bond acceptors (Lipinski definition) is 3. The van der Waals surface area contributed by atoms with Gasteiger partial charge in [0.1, 0.15) is 5.75 Å². The first-order valence-electron chi connectivity index (χ1n) is 7.27. The van der Waals surface area contributed by atoms with Crippen molar-refractivity contribution in [3.8, 4) is 11.8 Å². The molecule has 0 aromatic heterocycles. The molecular formula is C17H26N2O. The van der Waals surface area contributed by atoms with Crippen LogP contribution in [0.1, 0.15) is 44.7 Å². The van der Waals surface area contributed by atoms with Crippen molar-refractivity contribution in [2.45, 2.75) is 53.0 Å². The van der Waals surface area contributed by atoms with Crippen molar-refractivity contribution in [3.63, 3.8) is 0 Å². The van der Waals surface area contributed by atoms with Crippen LogP contribution in [0.5, 0.6) is 5.75 Å². The summed E-state index contributed by atoms with van der Waals surface area (Å²) in [5.74, 6) is 0.935. The van der Waals surface area contributed by atoms with Gasteiger partial charge in [-0.3, -0.25) is 0 Å². The Morgan fingerprint density at radius 2 is 2.10 bits per heavy atom. The van der Waals surface area contributed by atoms with Gasteiger partial charge in [0.15, 0.2) is 0 Å². The molecule has 1 unspecified atom stereocenters. The van der Waals surface area contributed by atoms with Gasteiger partial charge in [-0.25, -0.2) is 0 Å². The first-order valence-corrected chi connectivity index (χ1v) is 7.27. The van der Waals surface area contributed by atoms with Crippen LogP contribution in [-0.2, 0) is 6.42 Å². The van der Waals surface area contributed by atoms with Crippen molar-refractivity contribution in [1.82, 2.24) is 0 Å². The van der Waals surface area contributed by atoms with Crippen LogP contribution < -0.4 is 10.5 Å². The number of nitrogens with zero attached hydrogens (tertiary/aromatic N) is 1. The minimum Gasteiger partial charge on any atom is -0.493 e. The lowest BCUT2D eigenvalue weighted by molar-refractivity contribution is 0.260. The van der Waals surface area contributed by atoms with E-state index in [1.54, 1.807) is 0 Å². The highest BCUT2D eigenvalue weighted by molar-refractivity contribution is 5.41. The topological polar surface area (TPSA) is 59.0 Å². The van der Waals surface area contributed by atoms with E-state index < -0.39 is 0 Å². The van der Waals surface area contributed by atoms with Crippen molar-refractivity contribution in [3.05, 3.63) is 29.3 Å². The van der Waals surface area contributed by atoms with E-state index in [2.05, 4.69) is 19.1 Å². The van der Waals surface area contributed by atoms with Crippen molar-refractivity contribution >= 4 is 0 Å². The number of para-hydroxylation sites is 1. The summed E-state index contributed by atoms with van der Waals surface area (Å²) in [7, 11) is 0. The molecule has 1 atom stereocenters. The molecule has 2 N–H and O–H groups in total. The number of nitrogens with two attached hydrogens (primary N) is 1. The lowest BCUT2D eigenvalue weighted by atomic mass is 9.92. The largest absolute Gasteiger partial charge is 0.493 e. The van der Waals surface area contributed by atoms with Gasteiger partial charge in [-0.2, -0.15) is 5.26 Å². The van der Waals surface area contributed by atoms with Gasteiger partial charge in [0, 0.05) is 6.04 Å². The quantitative estimate of drug-likeness (QED) is 0.826. The fourth-order valence-corrected chi connectivity index (χ4v) is 1.97. The summed E-state index contributed by atoms with van der Waals surface area (Å²) in [6.07, 6.45) is 2.50. The average molecular weight is 274 g/mol. The molecule has 0 heterocycles. The summed E-state index contributed by atoms with van der Waals surface area (Å²) in [5.41, 5.74) is 7.99. The van der Waals surface area contributed by atoms with Gasteiger partial charge in [-0.05, 0) is 51.2 Å². The molecule has 0 aliphatic rings. The van der Waals surface area contributed by atoms with E-state index in [1.165, 1.54) is 0 Å². The first kappa shape index (κ1) is 16.5. The van der Waals surface area contributed by atoms with Crippen molar-refractivity contribution in [2.24, 2.45) is 11.1 Å². The third-order valence-electron chi connectivity index (χ3n) is 3.58. The second-order valence-corrected chi connectivity index (χ2v) is 6.03. The van der Waals surface area contributed by atoms with Gasteiger partial charge >= 0.3 is 0 Å². The van der Waals surface area contributed by atoms with Gasteiger partial charge < -0.3 is 10.5 Å². The van der Waals surface area contributed by atoms with E-state index in [-0.39, 0.29) is 11.5 Å². The van der Waals surface area contributed by atoms with Gasteiger partial charge in [0.2, 0.25) is 0 Å². The maximum absolute atomic E-state index is 9.03. The Labute approximate surface area is 122 Å². The molecular weight excluding hydrogens is 248 g/mol. The Morgan fingerprint density at radius 1 is 1.40 bits per heavy atom. The third kappa shape index (κ3) is 4.86. The molecule has 3 heteroatoms. The molecule has 1 aromatic rings. The number of hydrogen-bond donors (Lipinski definition) is 1. The predicted octanol–water partition coefficient (Wildman–Crippen LogP) is 3.59. The zero-order valence-electron chi connectivity index (χ0n) is 13.1. The Kier molecular flexibility index (Phi) is 6.04. The Balaban J connectivity index is 2.76. The van der Waals surface area contributed by atoms with Crippen LogP contribution in [0.4, 0.5) is 0 Å². The molecule has 0 saturated carbocycles. The predicted molar refractivity (Wildman–Crippen MR) is 82.7 cm³/mol. The maximum atomic E-state index is 9.03. The van der Waals surface area contributed by atoms with E-state index in [1.807, 2.05) is 32.9 Å². The highest BCUT2D eigenvalue weighted by Gasteiger charge is 2.17. The maximum Gasteiger partial charge on any atom is 0.125 e. The first-order chi connectivity index (χ1) is 9.39. The Bertz CT molecular complexity index is 474. The van der Waals surface area contributed by atoms with E-state index in [0.717, 1.165) is 36.1 Å². The molecule has 0 radical (unpaired) electrons. The lowest BCUT2D eigenvalue weighted by Gasteiger charge is -2.19. The molecule has 0 saturated heterocycles. The normalized spacial score (nSPS) is 12.8. The molecule has 110 valence electrons. The van der Waals surface area contributed by atoms with Gasteiger partial charge in [0.25, 0.3) is 0 Å². The summed E-state index contributed by atoms with van der Waals surface area (Å²) in [6.45, 7) is 8.56.